The lowest BCUT2D eigenvalue weighted by atomic mass is 10.2. The van der Waals surface area contributed by atoms with Crippen molar-refractivity contribution in [2.75, 3.05) is 12.3 Å². The summed E-state index contributed by atoms with van der Waals surface area (Å²) in [7, 11) is -0.638. The quantitative estimate of drug-likeness (QED) is 0.688. The fourth-order valence-corrected chi connectivity index (χ4v) is 2.08. The molecule has 0 aliphatic rings. The van der Waals surface area contributed by atoms with E-state index in [0.29, 0.717) is 11.3 Å². The van der Waals surface area contributed by atoms with Gasteiger partial charge < -0.3 is 5.32 Å². The summed E-state index contributed by atoms with van der Waals surface area (Å²) < 4.78 is 11.4. The Morgan fingerprint density at radius 3 is 2.38 bits per heavy atom. The average molecular weight is 205 g/mol. The van der Waals surface area contributed by atoms with Crippen molar-refractivity contribution >= 4 is 10.8 Å². The Bertz CT molecular complexity index is 148. The maximum absolute atomic E-state index is 11.4. The SMILES string of the molecule is CCCNC(C)CCS(=O)C(C)C. The summed E-state index contributed by atoms with van der Waals surface area (Å²) in [5.41, 5.74) is 0. The van der Waals surface area contributed by atoms with Gasteiger partial charge in [0.05, 0.1) is 0 Å². The van der Waals surface area contributed by atoms with Crippen LogP contribution in [0.15, 0.2) is 0 Å². The van der Waals surface area contributed by atoms with Crippen LogP contribution >= 0.6 is 0 Å². The summed E-state index contributed by atoms with van der Waals surface area (Å²) in [5.74, 6) is 0.829. The molecule has 0 saturated heterocycles. The van der Waals surface area contributed by atoms with Crippen LogP contribution in [0.1, 0.15) is 40.5 Å². The number of nitrogens with one attached hydrogen (secondary N) is 1. The molecule has 3 heteroatoms. The molecule has 0 aromatic rings. The van der Waals surface area contributed by atoms with E-state index in [0.717, 1.165) is 25.1 Å². The van der Waals surface area contributed by atoms with Crippen molar-refractivity contribution in [1.82, 2.24) is 5.32 Å². The van der Waals surface area contributed by atoms with Gasteiger partial charge in [-0.2, -0.15) is 0 Å². The predicted octanol–water partition coefficient (Wildman–Crippen LogP) is 1.92. The van der Waals surface area contributed by atoms with Crippen molar-refractivity contribution in [1.29, 1.82) is 0 Å². The third-order valence-corrected chi connectivity index (χ3v) is 3.71. The molecule has 0 spiro atoms. The van der Waals surface area contributed by atoms with Gasteiger partial charge in [-0.25, -0.2) is 0 Å². The molecule has 0 aliphatic heterocycles. The first-order chi connectivity index (χ1) is 6.07. The highest BCUT2D eigenvalue weighted by atomic mass is 32.2. The van der Waals surface area contributed by atoms with Crippen LogP contribution in [0.2, 0.25) is 0 Å². The van der Waals surface area contributed by atoms with Crippen LogP contribution in [0, 0.1) is 0 Å². The molecule has 0 rings (SSSR count). The first-order valence-electron chi connectivity index (χ1n) is 5.18. The molecule has 1 N–H and O–H groups in total. The van der Waals surface area contributed by atoms with Gasteiger partial charge in [-0.3, -0.25) is 4.21 Å². The van der Waals surface area contributed by atoms with Crippen LogP contribution in [0.5, 0.6) is 0 Å². The van der Waals surface area contributed by atoms with Crippen molar-refractivity contribution < 1.29 is 4.21 Å². The lowest BCUT2D eigenvalue weighted by Gasteiger charge is -2.13. The molecule has 0 bridgehead atoms. The van der Waals surface area contributed by atoms with Crippen LogP contribution < -0.4 is 5.32 Å². The minimum Gasteiger partial charge on any atom is -0.314 e. The molecule has 0 fully saturated rings. The lowest BCUT2D eigenvalue weighted by molar-refractivity contribution is 0.533. The molecule has 2 atom stereocenters. The standard InChI is InChI=1S/C10H23NOS/c1-5-7-11-10(4)6-8-13(12)9(2)3/h9-11H,5-8H2,1-4H3. The summed E-state index contributed by atoms with van der Waals surface area (Å²) in [6.07, 6.45) is 2.18. The van der Waals surface area contributed by atoms with Gasteiger partial charge in [0.15, 0.2) is 0 Å². The molecule has 0 aromatic carbocycles. The summed E-state index contributed by atoms with van der Waals surface area (Å²) in [6, 6.07) is 0.502. The van der Waals surface area contributed by atoms with Crippen LogP contribution in [0.4, 0.5) is 0 Å². The Morgan fingerprint density at radius 1 is 1.31 bits per heavy atom. The second-order valence-corrected chi connectivity index (χ2v) is 5.89. The normalized spacial score (nSPS) is 16.1. The van der Waals surface area contributed by atoms with E-state index < -0.39 is 10.8 Å². The van der Waals surface area contributed by atoms with Crippen molar-refractivity contribution in [3.05, 3.63) is 0 Å². The van der Waals surface area contributed by atoms with Gasteiger partial charge in [0.25, 0.3) is 0 Å². The molecular formula is C10H23NOS. The second-order valence-electron chi connectivity index (χ2n) is 3.78. The Kier molecular flexibility index (Phi) is 7.57. The van der Waals surface area contributed by atoms with Crippen molar-refractivity contribution in [2.24, 2.45) is 0 Å². The largest absolute Gasteiger partial charge is 0.314 e. The summed E-state index contributed by atoms with van der Waals surface area (Å²) >= 11 is 0. The highest BCUT2D eigenvalue weighted by Gasteiger charge is 2.07. The maximum atomic E-state index is 11.4. The van der Waals surface area contributed by atoms with Crippen LogP contribution in [-0.2, 0) is 10.8 Å². The molecule has 0 amide bonds. The van der Waals surface area contributed by atoms with Crippen molar-refractivity contribution in [3.8, 4) is 0 Å². The Morgan fingerprint density at radius 2 is 1.92 bits per heavy atom. The molecule has 0 heterocycles. The molecule has 0 radical (unpaired) electrons. The van der Waals surface area contributed by atoms with Gasteiger partial charge in [-0.05, 0) is 26.3 Å². The molecule has 2 nitrogen and oxygen atoms in total. The van der Waals surface area contributed by atoms with Gasteiger partial charge >= 0.3 is 0 Å². The van der Waals surface area contributed by atoms with Crippen LogP contribution in [0.3, 0.4) is 0 Å². The molecule has 13 heavy (non-hydrogen) atoms. The summed E-state index contributed by atoms with van der Waals surface area (Å²) in [4.78, 5) is 0. The highest BCUT2D eigenvalue weighted by molar-refractivity contribution is 7.85. The van der Waals surface area contributed by atoms with Crippen LogP contribution in [-0.4, -0.2) is 27.8 Å². The molecule has 0 aromatic heterocycles. The number of hydrogen-bond donors (Lipinski definition) is 1. The minimum absolute atomic E-state index is 0.304. The Balaban J connectivity index is 3.46. The highest BCUT2D eigenvalue weighted by Crippen LogP contribution is 1.99. The third kappa shape index (κ3) is 7.20. The topological polar surface area (TPSA) is 29.1 Å². The zero-order valence-electron chi connectivity index (χ0n) is 9.30. The molecule has 0 saturated carbocycles. The Hall–Kier alpha value is 0.110. The minimum atomic E-state index is -0.638. The van der Waals surface area contributed by atoms with E-state index in [4.69, 9.17) is 0 Å². The number of hydrogen-bond acceptors (Lipinski definition) is 2. The molecule has 80 valence electrons. The van der Waals surface area contributed by atoms with Crippen molar-refractivity contribution in [2.45, 2.75) is 51.8 Å². The molecule has 2 unspecified atom stereocenters. The molecule has 0 aliphatic carbocycles. The van der Waals surface area contributed by atoms with Gasteiger partial charge in [0, 0.05) is 27.8 Å². The first-order valence-corrected chi connectivity index (χ1v) is 6.56. The first kappa shape index (κ1) is 13.1. The number of rotatable bonds is 7. The molecular weight excluding hydrogens is 182 g/mol. The maximum Gasteiger partial charge on any atom is 0.0291 e. The van der Waals surface area contributed by atoms with Crippen molar-refractivity contribution in [3.63, 3.8) is 0 Å². The zero-order valence-corrected chi connectivity index (χ0v) is 10.1. The monoisotopic (exact) mass is 205 g/mol. The second kappa shape index (κ2) is 7.51. The van der Waals surface area contributed by atoms with E-state index in [-0.39, 0.29) is 0 Å². The lowest BCUT2D eigenvalue weighted by Crippen LogP contribution is -2.28. The Labute approximate surface area is 84.9 Å². The van der Waals surface area contributed by atoms with Gasteiger partial charge in [-0.15, -0.1) is 0 Å². The van der Waals surface area contributed by atoms with Crippen LogP contribution in [0.25, 0.3) is 0 Å². The summed E-state index contributed by atoms with van der Waals surface area (Å²) in [6.45, 7) is 9.41. The van der Waals surface area contributed by atoms with Gasteiger partial charge in [0.1, 0.15) is 0 Å². The van der Waals surface area contributed by atoms with E-state index in [2.05, 4.69) is 19.2 Å². The van der Waals surface area contributed by atoms with E-state index in [9.17, 15) is 4.21 Å². The average Bonchev–Trinajstić information content (AvgIpc) is 2.10. The predicted molar refractivity (Wildman–Crippen MR) is 60.5 cm³/mol. The van der Waals surface area contributed by atoms with Gasteiger partial charge in [0.2, 0.25) is 0 Å². The smallest absolute Gasteiger partial charge is 0.0291 e. The zero-order chi connectivity index (χ0) is 10.3. The fraction of sp³-hybridized carbons (Fsp3) is 1.00. The van der Waals surface area contributed by atoms with E-state index >= 15 is 0 Å². The van der Waals surface area contributed by atoms with Gasteiger partial charge in [-0.1, -0.05) is 20.8 Å². The third-order valence-electron chi connectivity index (χ3n) is 2.02. The summed E-state index contributed by atoms with van der Waals surface area (Å²) in [5, 5.41) is 3.70. The fourth-order valence-electron chi connectivity index (χ4n) is 1.02. The van der Waals surface area contributed by atoms with E-state index in [1.165, 1.54) is 0 Å². The van der Waals surface area contributed by atoms with E-state index in [1.807, 2.05) is 13.8 Å². The van der Waals surface area contributed by atoms with E-state index in [1.54, 1.807) is 0 Å².